The van der Waals surface area contributed by atoms with Crippen LogP contribution in [-0.4, -0.2) is 28.5 Å². The van der Waals surface area contributed by atoms with E-state index in [0.717, 1.165) is 5.01 Å². The van der Waals surface area contributed by atoms with Gasteiger partial charge in [-0.25, -0.2) is 4.98 Å². The number of hydrogen-bond donors (Lipinski definition) is 2. The van der Waals surface area contributed by atoms with Gasteiger partial charge in [-0.15, -0.1) is 11.3 Å². The van der Waals surface area contributed by atoms with E-state index >= 15 is 0 Å². The fourth-order valence-electron chi connectivity index (χ4n) is 2.37. The number of aromatic nitrogens is 1. The lowest BCUT2D eigenvalue weighted by atomic mass is 9.82. The SMILES string of the molecule is Cc1nc(C(C)(C)C)sc1C(=O)NCC(C)(C(=O)O)c1ccccc1. The Balaban J connectivity index is 2.21. The van der Waals surface area contributed by atoms with Crippen molar-refractivity contribution in [1.29, 1.82) is 0 Å². The lowest BCUT2D eigenvalue weighted by Crippen LogP contribution is -2.44. The number of carboxylic acids is 1. The van der Waals surface area contributed by atoms with Crippen molar-refractivity contribution in [2.24, 2.45) is 0 Å². The van der Waals surface area contributed by atoms with Crippen molar-refractivity contribution in [2.45, 2.75) is 45.4 Å². The minimum atomic E-state index is -1.19. The standard InChI is InChI=1S/C19H24N2O3S/c1-12-14(25-16(21-12)18(2,3)4)15(22)20-11-19(5,17(23)24)13-9-7-6-8-10-13/h6-10H,11H2,1-5H3,(H,20,22)(H,23,24). The van der Waals surface area contributed by atoms with Crippen LogP contribution in [0.1, 0.15) is 53.6 Å². The zero-order chi connectivity index (χ0) is 18.8. The number of nitrogens with one attached hydrogen (secondary N) is 1. The van der Waals surface area contributed by atoms with Crippen LogP contribution in [0.5, 0.6) is 0 Å². The van der Waals surface area contributed by atoms with Gasteiger partial charge >= 0.3 is 5.97 Å². The molecule has 25 heavy (non-hydrogen) atoms. The van der Waals surface area contributed by atoms with Crippen LogP contribution in [0.3, 0.4) is 0 Å². The minimum absolute atomic E-state index is 0.00731. The van der Waals surface area contributed by atoms with Crippen molar-refractivity contribution in [2.75, 3.05) is 6.54 Å². The molecule has 134 valence electrons. The Morgan fingerprint density at radius 3 is 2.24 bits per heavy atom. The number of thiazole rings is 1. The van der Waals surface area contributed by atoms with E-state index in [1.165, 1.54) is 11.3 Å². The topological polar surface area (TPSA) is 79.3 Å². The molecule has 1 unspecified atom stereocenters. The summed E-state index contributed by atoms with van der Waals surface area (Å²) in [6.07, 6.45) is 0. The summed E-state index contributed by atoms with van der Waals surface area (Å²) < 4.78 is 0. The maximum Gasteiger partial charge on any atom is 0.315 e. The van der Waals surface area contributed by atoms with Gasteiger partial charge in [0.15, 0.2) is 0 Å². The van der Waals surface area contributed by atoms with E-state index < -0.39 is 11.4 Å². The van der Waals surface area contributed by atoms with Gasteiger partial charge in [0.2, 0.25) is 0 Å². The Kier molecular flexibility index (Phi) is 5.32. The number of aliphatic carboxylic acids is 1. The average molecular weight is 360 g/mol. The molecular weight excluding hydrogens is 336 g/mol. The first kappa shape index (κ1) is 19.1. The molecule has 1 atom stereocenters. The summed E-state index contributed by atoms with van der Waals surface area (Å²) in [5, 5.41) is 13.3. The van der Waals surface area contributed by atoms with Gasteiger partial charge in [-0.05, 0) is 19.4 Å². The molecule has 1 aromatic carbocycles. The summed E-state index contributed by atoms with van der Waals surface area (Å²) in [6.45, 7) is 9.56. The summed E-state index contributed by atoms with van der Waals surface area (Å²) in [5.74, 6) is -1.26. The monoisotopic (exact) mass is 360 g/mol. The van der Waals surface area contributed by atoms with Gasteiger partial charge in [-0.1, -0.05) is 51.1 Å². The Labute approximate surface area is 152 Å². The van der Waals surface area contributed by atoms with Crippen LogP contribution in [-0.2, 0) is 15.6 Å². The van der Waals surface area contributed by atoms with Crippen LogP contribution in [0.4, 0.5) is 0 Å². The molecule has 0 bridgehead atoms. The van der Waals surface area contributed by atoms with Gasteiger partial charge in [0, 0.05) is 12.0 Å². The summed E-state index contributed by atoms with van der Waals surface area (Å²) in [6, 6.07) is 8.94. The van der Waals surface area contributed by atoms with Crippen LogP contribution in [0.25, 0.3) is 0 Å². The molecule has 2 rings (SSSR count). The van der Waals surface area contributed by atoms with Crippen LogP contribution in [0.15, 0.2) is 30.3 Å². The van der Waals surface area contributed by atoms with E-state index in [4.69, 9.17) is 0 Å². The summed E-state index contributed by atoms with van der Waals surface area (Å²) in [7, 11) is 0. The minimum Gasteiger partial charge on any atom is -0.481 e. The first-order valence-corrected chi connectivity index (χ1v) is 8.92. The number of aryl methyl sites for hydroxylation is 1. The van der Waals surface area contributed by atoms with Crippen molar-refractivity contribution in [3.05, 3.63) is 51.5 Å². The number of rotatable bonds is 5. The average Bonchev–Trinajstić information content (AvgIpc) is 2.95. The third-order valence-electron chi connectivity index (χ3n) is 4.13. The number of benzene rings is 1. The molecule has 0 radical (unpaired) electrons. The second-order valence-corrected chi connectivity index (χ2v) is 8.37. The van der Waals surface area contributed by atoms with Gasteiger partial charge in [0.1, 0.15) is 10.3 Å². The number of carboxylic acid groups (broad SMARTS) is 1. The zero-order valence-corrected chi connectivity index (χ0v) is 16.0. The fraction of sp³-hybridized carbons (Fsp3) is 0.421. The highest BCUT2D eigenvalue weighted by molar-refractivity contribution is 7.14. The first-order valence-electron chi connectivity index (χ1n) is 8.11. The molecule has 1 amide bonds. The molecule has 6 heteroatoms. The van der Waals surface area contributed by atoms with E-state index in [1.54, 1.807) is 38.1 Å². The number of amides is 1. The van der Waals surface area contributed by atoms with Crippen molar-refractivity contribution < 1.29 is 14.7 Å². The van der Waals surface area contributed by atoms with Crippen LogP contribution in [0, 0.1) is 6.92 Å². The second-order valence-electron chi connectivity index (χ2n) is 7.37. The summed E-state index contributed by atoms with van der Waals surface area (Å²) in [5.41, 5.74) is -0.000902. The molecule has 0 saturated carbocycles. The van der Waals surface area contributed by atoms with Gasteiger partial charge in [0.05, 0.1) is 10.7 Å². The molecule has 0 spiro atoms. The number of carbonyl (C=O) groups excluding carboxylic acids is 1. The van der Waals surface area contributed by atoms with Crippen molar-refractivity contribution >= 4 is 23.2 Å². The fourth-order valence-corrected chi connectivity index (χ4v) is 3.41. The molecule has 0 saturated heterocycles. The molecule has 0 aliphatic heterocycles. The Hall–Kier alpha value is -2.21. The van der Waals surface area contributed by atoms with E-state index in [-0.39, 0.29) is 17.9 Å². The molecule has 1 aromatic heterocycles. The van der Waals surface area contributed by atoms with Gasteiger partial charge in [-0.2, -0.15) is 0 Å². The van der Waals surface area contributed by atoms with E-state index in [9.17, 15) is 14.7 Å². The molecular formula is C19H24N2O3S. The predicted molar refractivity (Wildman–Crippen MR) is 99.3 cm³/mol. The normalized spacial score (nSPS) is 14.0. The van der Waals surface area contributed by atoms with Gasteiger partial charge < -0.3 is 10.4 Å². The van der Waals surface area contributed by atoms with E-state index in [2.05, 4.69) is 10.3 Å². The Morgan fingerprint density at radius 1 is 1.16 bits per heavy atom. The summed E-state index contributed by atoms with van der Waals surface area (Å²) >= 11 is 1.36. The lowest BCUT2D eigenvalue weighted by molar-refractivity contribution is -0.142. The Bertz CT molecular complexity index is 778. The molecule has 0 aliphatic rings. The largest absolute Gasteiger partial charge is 0.481 e. The number of carbonyl (C=O) groups is 2. The third kappa shape index (κ3) is 4.07. The molecule has 0 aliphatic carbocycles. The van der Waals surface area contributed by atoms with Crippen LogP contribution >= 0.6 is 11.3 Å². The zero-order valence-electron chi connectivity index (χ0n) is 15.2. The van der Waals surface area contributed by atoms with Crippen molar-refractivity contribution in [3.8, 4) is 0 Å². The molecule has 2 N–H and O–H groups in total. The number of nitrogens with zero attached hydrogens (tertiary/aromatic N) is 1. The quantitative estimate of drug-likeness (QED) is 0.855. The van der Waals surface area contributed by atoms with Gasteiger partial charge in [0.25, 0.3) is 5.91 Å². The third-order valence-corrected chi connectivity index (χ3v) is 5.71. The van der Waals surface area contributed by atoms with Crippen molar-refractivity contribution in [1.82, 2.24) is 10.3 Å². The first-order chi connectivity index (χ1) is 11.6. The molecule has 5 nitrogen and oxygen atoms in total. The van der Waals surface area contributed by atoms with Gasteiger partial charge in [-0.3, -0.25) is 9.59 Å². The highest BCUT2D eigenvalue weighted by Crippen LogP contribution is 2.29. The maximum atomic E-state index is 12.6. The highest BCUT2D eigenvalue weighted by Gasteiger charge is 2.36. The molecule has 1 heterocycles. The smallest absolute Gasteiger partial charge is 0.315 e. The highest BCUT2D eigenvalue weighted by atomic mass is 32.1. The van der Waals surface area contributed by atoms with Crippen LogP contribution < -0.4 is 5.32 Å². The van der Waals surface area contributed by atoms with Crippen molar-refractivity contribution in [3.63, 3.8) is 0 Å². The van der Waals surface area contributed by atoms with E-state index in [1.807, 2.05) is 26.8 Å². The van der Waals surface area contributed by atoms with Crippen LogP contribution in [0.2, 0.25) is 0 Å². The molecule has 2 aromatic rings. The predicted octanol–water partition coefficient (Wildman–Crippen LogP) is 3.52. The lowest BCUT2D eigenvalue weighted by Gasteiger charge is -2.25. The molecule has 0 fully saturated rings. The summed E-state index contributed by atoms with van der Waals surface area (Å²) in [4.78, 5) is 29.4. The second kappa shape index (κ2) is 6.96. The number of hydrogen-bond acceptors (Lipinski definition) is 4. The maximum absolute atomic E-state index is 12.6. The Morgan fingerprint density at radius 2 is 1.76 bits per heavy atom. The van der Waals surface area contributed by atoms with E-state index in [0.29, 0.717) is 16.1 Å².